The summed E-state index contributed by atoms with van der Waals surface area (Å²) >= 11 is 0. The van der Waals surface area contributed by atoms with Crippen LogP contribution in [0.1, 0.15) is 70.0 Å². The Morgan fingerprint density at radius 3 is 2.33 bits per heavy atom. The summed E-state index contributed by atoms with van der Waals surface area (Å²) < 4.78 is 2.51. The van der Waals surface area contributed by atoms with Crippen molar-refractivity contribution in [3.63, 3.8) is 0 Å². The smallest absolute Gasteiger partial charge is 0.0527 e. The normalized spacial score (nSPS) is 18.8. The Kier molecular flexibility index (Phi) is 6.43. The minimum atomic E-state index is -0.0885. The summed E-state index contributed by atoms with van der Waals surface area (Å²) in [6.07, 6.45) is 8.95. The Morgan fingerprint density at radius 2 is 1.52 bits per heavy atom. The topological polar surface area (TPSA) is 8.17 Å². The quantitative estimate of drug-likeness (QED) is 0.138. The first-order valence-electron chi connectivity index (χ1n) is 17.1. The molecule has 9 rings (SSSR count). The van der Waals surface area contributed by atoms with Gasteiger partial charge in [-0.1, -0.05) is 110 Å². The number of hydrogen-bond donors (Lipinski definition) is 0. The van der Waals surface area contributed by atoms with Crippen LogP contribution in [-0.4, -0.2) is 11.6 Å². The summed E-state index contributed by atoms with van der Waals surface area (Å²) in [5.74, 6) is 7.18. The summed E-state index contributed by atoms with van der Waals surface area (Å²) in [6, 6.07) is 39.2. The highest BCUT2D eigenvalue weighted by molar-refractivity contribution is 6.02. The van der Waals surface area contributed by atoms with Gasteiger partial charge in [0.15, 0.2) is 0 Å². The van der Waals surface area contributed by atoms with Gasteiger partial charge >= 0.3 is 0 Å². The molecule has 1 aliphatic heterocycles. The van der Waals surface area contributed by atoms with Crippen molar-refractivity contribution >= 4 is 34.7 Å². The van der Waals surface area contributed by atoms with Crippen molar-refractivity contribution in [2.45, 2.75) is 38.0 Å². The lowest BCUT2D eigenvalue weighted by Gasteiger charge is -2.33. The molecule has 0 saturated heterocycles. The molecule has 0 amide bonds. The van der Waals surface area contributed by atoms with Gasteiger partial charge in [-0.3, -0.25) is 0 Å². The van der Waals surface area contributed by atoms with E-state index in [0.29, 0.717) is 5.92 Å². The molecule has 0 bridgehead atoms. The average Bonchev–Trinajstić information content (AvgIpc) is 3.52. The van der Waals surface area contributed by atoms with Crippen LogP contribution in [0.3, 0.4) is 0 Å². The molecular formula is C46H38N2. The highest BCUT2D eigenvalue weighted by atomic mass is 15.2. The van der Waals surface area contributed by atoms with Crippen molar-refractivity contribution in [2.75, 3.05) is 11.9 Å². The van der Waals surface area contributed by atoms with Crippen LogP contribution in [-0.2, 0) is 25.3 Å². The summed E-state index contributed by atoms with van der Waals surface area (Å²) in [6.45, 7) is 4.86. The third-order valence-electron chi connectivity index (χ3n) is 11.0. The lowest BCUT2D eigenvalue weighted by atomic mass is 9.72. The highest BCUT2D eigenvalue weighted by Gasteiger charge is 2.47. The van der Waals surface area contributed by atoms with E-state index in [1.165, 1.54) is 72.5 Å². The van der Waals surface area contributed by atoms with Crippen molar-refractivity contribution < 1.29 is 0 Å². The van der Waals surface area contributed by atoms with Crippen molar-refractivity contribution in [3.05, 3.63) is 165 Å². The predicted molar refractivity (Wildman–Crippen MR) is 202 cm³/mol. The highest BCUT2D eigenvalue weighted by Crippen LogP contribution is 2.56. The van der Waals surface area contributed by atoms with E-state index in [1.54, 1.807) is 0 Å². The van der Waals surface area contributed by atoms with Gasteiger partial charge in [0.05, 0.1) is 11.4 Å². The van der Waals surface area contributed by atoms with Gasteiger partial charge in [0.2, 0.25) is 0 Å². The van der Waals surface area contributed by atoms with Crippen LogP contribution in [0, 0.1) is 11.8 Å². The van der Waals surface area contributed by atoms with Crippen LogP contribution in [0.4, 0.5) is 5.69 Å². The molecular weight excluding hydrogens is 581 g/mol. The van der Waals surface area contributed by atoms with Crippen molar-refractivity contribution in [1.29, 1.82) is 0 Å². The Balaban J connectivity index is 1.09. The molecule has 3 aliphatic rings. The maximum absolute atomic E-state index is 3.41. The molecule has 2 heterocycles. The Labute approximate surface area is 283 Å². The lowest BCUT2D eigenvalue weighted by molar-refractivity contribution is 0.544. The molecule has 0 radical (unpaired) electrons. The maximum Gasteiger partial charge on any atom is 0.0527 e. The van der Waals surface area contributed by atoms with E-state index in [0.717, 1.165) is 24.0 Å². The van der Waals surface area contributed by atoms with Crippen LogP contribution >= 0.6 is 0 Å². The minimum Gasteiger partial charge on any atom is -0.347 e. The summed E-state index contributed by atoms with van der Waals surface area (Å²) in [5, 5.41) is 2.61. The molecule has 0 saturated carbocycles. The number of benzene rings is 5. The first-order valence-corrected chi connectivity index (χ1v) is 17.1. The van der Waals surface area contributed by atoms with Gasteiger partial charge in [0.1, 0.15) is 0 Å². The monoisotopic (exact) mass is 618 g/mol. The fourth-order valence-corrected chi connectivity index (χ4v) is 8.69. The number of nitrogens with zero attached hydrogens (tertiary/aromatic N) is 2. The third-order valence-corrected chi connectivity index (χ3v) is 11.0. The molecule has 2 unspecified atom stereocenters. The zero-order valence-electron chi connectivity index (χ0n) is 28.0. The van der Waals surface area contributed by atoms with E-state index in [9.17, 15) is 0 Å². The Bertz CT molecular complexity index is 2390. The van der Waals surface area contributed by atoms with E-state index in [2.05, 4.69) is 158 Å². The van der Waals surface area contributed by atoms with Crippen LogP contribution in [0.15, 0.2) is 115 Å². The first-order chi connectivity index (χ1) is 23.4. The maximum atomic E-state index is 3.41. The number of hydrogen-bond acceptors (Lipinski definition) is 1. The molecule has 1 aromatic heterocycles. The van der Waals surface area contributed by atoms with Crippen LogP contribution in [0.25, 0.3) is 40.3 Å². The van der Waals surface area contributed by atoms with Crippen molar-refractivity contribution in [2.24, 2.45) is 7.05 Å². The van der Waals surface area contributed by atoms with Gasteiger partial charge in [-0.2, -0.15) is 0 Å². The number of rotatable bonds is 2. The zero-order valence-corrected chi connectivity index (χ0v) is 28.0. The number of aromatic nitrogens is 1. The number of allylic oxidation sites excluding steroid dienone is 1. The largest absolute Gasteiger partial charge is 0.347 e. The van der Waals surface area contributed by atoms with Crippen molar-refractivity contribution in [3.8, 4) is 23.1 Å². The Morgan fingerprint density at radius 1 is 0.771 bits per heavy atom. The minimum absolute atomic E-state index is 0.0885. The Hall–Kier alpha value is -5.52. The van der Waals surface area contributed by atoms with Crippen LogP contribution in [0.5, 0.6) is 0 Å². The molecule has 2 nitrogen and oxygen atoms in total. The molecule has 5 aromatic carbocycles. The third kappa shape index (κ3) is 4.35. The molecule has 2 heteroatoms. The van der Waals surface area contributed by atoms with E-state index < -0.39 is 0 Å². The summed E-state index contributed by atoms with van der Waals surface area (Å²) in [5.41, 5.74) is 17.2. The standard InChI is InChI=1S/C46H38N2/c1-30-25-36-27-34(18-16-32-13-9-6-10-14-32)20-23-38(36)45-43(30)39-28-42-46(2,29-41(39)47(45)3)40-24-21-35-26-33(17-15-31-11-7-5-8-12-31)19-22-37(35)44(40)48(42)4/h5-15,17,19-24,26-28,30H,25,29H2,1-4H3/b17-15+. The lowest BCUT2D eigenvalue weighted by Crippen LogP contribution is -2.32. The molecule has 0 spiro atoms. The van der Waals surface area contributed by atoms with Gasteiger partial charge in [-0.25, -0.2) is 0 Å². The van der Waals surface area contributed by atoms with E-state index >= 15 is 0 Å². The van der Waals surface area contributed by atoms with Crippen LogP contribution < -0.4 is 4.90 Å². The molecule has 48 heavy (non-hydrogen) atoms. The zero-order chi connectivity index (χ0) is 32.6. The van der Waals surface area contributed by atoms with Crippen LogP contribution in [0.2, 0.25) is 0 Å². The molecule has 6 aromatic rings. The second-order valence-electron chi connectivity index (χ2n) is 14.1. The van der Waals surface area contributed by atoms with E-state index in [1.807, 2.05) is 18.2 Å². The molecule has 0 N–H and O–H groups in total. The fourth-order valence-electron chi connectivity index (χ4n) is 8.69. The average molecular weight is 619 g/mol. The number of anilines is 1. The number of fused-ring (bicyclic) bond motifs is 10. The van der Waals surface area contributed by atoms with Gasteiger partial charge in [-0.15, -0.1) is 0 Å². The second kappa shape index (κ2) is 10.8. The van der Waals surface area contributed by atoms with Gasteiger partial charge in [0, 0.05) is 65.0 Å². The van der Waals surface area contributed by atoms with Crippen molar-refractivity contribution in [1.82, 2.24) is 4.57 Å². The van der Waals surface area contributed by atoms with E-state index in [-0.39, 0.29) is 5.41 Å². The summed E-state index contributed by atoms with van der Waals surface area (Å²) in [7, 11) is 4.56. The SMILES string of the molecule is CC1Cc2cc(C#Cc3ccccc3)ccc2-c2c1c1c(n2C)CC2(C)C(=C1)N(C)c1c2ccc2cc(/C=C/c3ccccc3)ccc12. The van der Waals surface area contributed by atoms with E-state index in [4.69, 9.17) is 0 Å². The van der Waals surface area contributed by atoms with Gasteiger partial charge < -0.3 is 9.47 Å². The van der Waals surface area contributed by atoms with Gasteiger partial charge in [0.25, 0.3) is 0 Å². The molecule has 232 valence electrons. The summed E-state index contributed by atoms with van der Waals surface area (Å²) in [4.78, 5) is 2.48. The molecule has 2 atom stereocenters. The van der Waals surface area contributed by atoms with Gasteiger partial charge in [-0.05, 0) is 88.9 Å². The second-order valence-corrected chi connectivity index (χ2v) is 14.1. The first kappa shape index (κ1) is 28.7. The number of likely N-dealkylation sites (N-methyl/N-ethyl adjacent to an activating group) is 1. The predicted octanol–water partition coefficient (Wildman–Crippen LogP) is 10.4. The molecule has 2 aliphatic carbocycles. The fraction of sp³-hybridized carbons (Fsp3) is 0.174. The molecule has 0 fully saturated rings.